The van der Waals surface area contributed by atoms with Crippen molar-refractivity contribution in [2.24, 2.45) is 0 Å². The van der Waals surface area contributed by atoms with E-state index in [0.29, 0.717) is 5.69 Å². The third-order valence-electron chi connectivity index (χ3n) is 4.61. The smallest absolute Gasteiger partial charge is 0.343 e. The fraction of sp³-hybridized carbons (Fsp3) is 0.174. The van der Waals surface area contributed by atoms with Gasteiger partial charge in [0.05, 0.1) is 11.4 Å². The van der Waals surface area contributed by atoms with Crippen molar-refractivity contribution in [2.45, 2.75) is 20.0 Å². The second-order valence-corrected chi connectivity index (χ2v) is 7.03. The van der Waals surface area contributed by atoms with E-state index in [-0.39, 0.29) is 5.56 Å². The number of hydrogen-bond donors (Lipinski definition) is 2. The molecule has 0 aliphatic rings. The molecule has 0 saturated carbocycles. The maximum absolute atomic E-state index is 12.3. The van der Waals surface area contributed by atoms with Gasteiger partial charge in [-0.15, -0.1) is 0 Å². The van der Waals surface area contributed by atoms with Gasteiger partial charge in [0.1, 0.15) is 6.54 Å². The third-order valence-corrected chi connectivity index (χ3v) is 4.61. The number of amides is 2. The SMILES string of the molecule is Cc1nn(-c2ccccc2)c(C)c1/C=C/C(=O)Nc1ccc(C(=O)NCC(F)(F)F)cc1. The van der Waals surface area contributed by atoms with E-state index in [1.54, 1.807) is 16.1 Å². The molecule has 1 heterocycles. The molecule has 166 valence electrons. The number of rotatable bonds is 6. The molecule has 9 heteroatoms. The second kappa shape index (κ2) is 9.51. The van der Waals surface area contributed by atoms with E-state index in [9.17, 15) is 22.8 Å². The quantitative estimate of drug-likeness (QED) is 0.555. The van der Waals surface area contributed by atoms with Crippen molar-refractivity contribution in [2.75, 3.05) is 11.9 Å². The Kier molecular flexibility index (Phi) is 6.77. The van der Waals surface area contributed by atoms with Crippen LogP contribution < -0.4 is 10.6 Å². The summed E-state index contributed by atoms with van der Waals surface area (Å²) in [5, 5.41) is 8.96. The number of anilines is 1. The van der Waals surface area contributed by atoms with Crippen molar-refractivity contribution in [1.82, 2.24) is 15.1 Å². The van der Waals surface area contributed by atoms with Gasteiger partial charge in [-0.1, -0.05) is 18.2 Å². The van der Waals surface area contributed by atoms with Crippen LogP contribution in [0.4, 0.5) is 18.9 Å². The molecular formula is C23H21F3N4O2. The Hall–Kier alpha value is -3.88. The molecule has 0 radical (unpaired) electrons. The van der Waals surface area contributed by atoms with Gasteiger partial charge in [-0.25, -0.2) is 4.68 Å². The van der Waals surface area contributed by atoms with E-state index in [0.717, 1.165) is 22.6 Å². The molecule has 3 aromatic rings. The summed E-state index contributed by atoms with van der Waals surface area (Å²) in [6.07, 6.45) is -1.44. The van der Waals surface area contributed by atoms with Crippen LogP contribution in [0.25, 0.3) is 11.8 Å². The van der Waals surface area contributed by atoms with Crippen molar-refractivity contribution in [3.05, 3.63) is 83.2 Å². The summed E-state index contributed by atoms with van der Waals surface area (Å²) in [5.74, 6) is -1.24. The first-order valence-electron chi connectivity index (χ1n) is 9.70. The molecular weight excluding hydrogens is 421 g/mol. The number of alkyl halides is 3. The maximum Gasteiger partial charge on any atom is 0.405 e. The molecule has 0 aliphatic heterocycles. The van der Waals surface area contributed by atoms with Crippen molar-refractivity contribution >= 4 is 23.6 Å². The number of aromatic nitrogens is 2. The van der Waals surface area contributed by atoms with Gasteiger partial charge in [0.25, 0.3) is 5.91 Å². The van der Waals surface area contributed by atoms with Crippen LogP contribution in [0.5, 0.6) is 0 Å². The lowest BCUT2D eigenvalue weighted by atomic mass is 10.1. The van der Waals surface area contributed by atoms with Gasteiger partial charge in [-0.2, -0.15) is 18.3 Å². The Bertz CT molecular complexity index is 1130. The number of para-hydroxylation sites is 1. The van der Waals surface area contributed by atoms with Crippen LogP contribution in [0.1, 0.15) is 27.3 Å². The summed E-state index contributed by atoms with van der Waals surface area (Å²) in [4.78, 5) is 24.0. The molecule has 2 aromatic carbocycles. The normalized spacial score (nSPS) is 11.5. The third kappa shape index (κ3) is 5.84. The number of benzene rings is 2. The molecule has 32 heavy (non-hydrogen) atoms. The van der Waals surface area contributed by atoms with Crippen molar-refractivity contribution < 1.29 is 22.8 Å². The molecule has 2 amide bonds. The summed E-state index contributed by atoms with van der Waals surface area (Å²) >= 11 is 0. The number of carbonyl (C=O) groups excluding carboxylic acids is 2. The summed E-state index contributed by atoms with van der Waals surface area (Å²) in [5.41, 5.74) is 3.84. The second-order valence-electron chi connectivity index (χ2n) is 7.03. The van der Waals surface area contributed by atoms with E-state index in [2.05, 4.69) is 10.4 Å². The summed E-state index contributed by atoms with van der Waals surface area (Å²) < 4.78 is 38.4. The van der Waals surface area contributed by atoms with Gasteiger partial charge in [-0.3, -0.25) is 9.59 Å². The van der Waals surface area contributed by atoms with Gasteiger partial charge >= 0.3 is 6.18 Å². The average molecular weight is 442 g/mol. The van der Waals surface area contributed by atoms with Gasteiger partial charge in [-0.05, 0) is 56.3 Å². The van der Waals surface area contributed by atoms with Crippen molar-refractivity contribution in [3.63, 3.8) is 0 Å². The maximum atomic E-state index is 12.3. The molecule has 1 aromatic heterocycles. The molecule has 0 saturated heterocycles. The first kappa shape index (κ1) is 22.8. The Morgan fingerprint density at radius 1 is 1.03 bits per heavy atom. The molecule has 2 N–H and O–H groups in total. The van der Waals surface area contributed by atoms with Crippen LogP contribution in [-0.4, -0.2) is 34.3 Å². The molecule has 0 unspecified atom stereocenters. The monoisotopic (exact) mass is 442 g/mol. The zero-order valence-corrected chi connectivity index (χ0v) is 17.4. The Morgan fingerprint density at radius 2 is 1.69 bits per heavy atom. The summed E-state index contributed by atoms with van der Waals surface area (Å²) in [7, 11) is 0. The topological polar surface area (TPSA) is 76.0 Å². The first-order valence-corrected chi connectivity index (χ1v) is 9.70. The number of hydrogen-bond acceptors (Lipinski definition) is 3. The molecule has 0 aliphatic carbocycles. The highest BCUT2D eigenvalue weighted by atomic mass is 19.4. The van der Waals surface area contributed by atoms with E-state index >= 15 is 0 Å². The van der Waals surface area contributed by atoms with Gasteiger partial charge in [0, 0.05) is 28.6 Å². The fourth-order valence-electron chi connectivity index (χ4n) is 3.05. The lowest BCUT2D eigenvalue weighted by Gasteiger charge is -2.09. The number of aryl methyl sites for hydroxylation is 1. The molecule has 6 nitrogen and oxygen atoms in total. The molecule has 0 atom stereocenters. The summed E-state index contributed by atoms with van der Waals surface area (Å²) in [6, 6.07) is 15.2. The zero-order valence-electron chi connectivity index (χ0n) is 17.4. The van der Waals surface area contributed by atoms with Crippen molar-refractivity contribution in [1.29, 1.82) is 0 Å². The Balaban J connectivity index is 1.64. The summed E-state index contributed by atoms with van der Waals surface area (Å²) in [6.45, 7) is 2.36. The highest BCUT2D eigenvalue weighted by molar-refractivity contribution is 6.02. The van der Waals surface area contributed by atoms with E-state index in [1.807, 2.05) is 44.2 Å². The largest absolute Gasteiger partial charge is 0.405 e. The Morgan fingerprint density at radius 3 is 2.31 bits per heavy atom. The number of carbonyl (C=O) groups is 2. The minimum atomic E-state index is -4.48. The lowest BCUT2D eigenvalue weighted by molar-refractivity contribution is -0.123. The van der Waals surface area contributed by atoms with Gasteiger partial charge < -0.3 is 10.6 Å². The zero-order chi connectivity index (χ0) is 23.3. The fourth-order valence-corrected chi connectivity index (χ4v) is 3.05. The van der Waals surface area contributed by atoms with Crippen LogP contribution in [0.2, 0.25) is 0 Å². The van der Waals surface area contributed by atoms with Gasteiger partial charge in [0.15, 0.2) is 0 Å². The molecule has 0 spiro atoms. The van der Waals surface area contributed by atoms with Crippen LogP contribution in [0, 0.1) is 13.8 Å². The van der Waals surface area contributed by atoms with Gasteiger partial charge in [0.2, 0.25) is 5.91 Å². The lowest BCUT2D eigenvalue weighted by Crippen LogP contribution is -2.33. The number of nitrogens with one attached hydrogen (secondary N) is 2. The Labute approximate surface area is 182 Å². The highest BCUT2D eigenvalue weighted by Gasteiger charge is 2.27. The first-order chi connectivity index (χ1) is 15.1. The highest BCUT2D eigenvalue weighted by Crippen LogP contribution is 2.19. The molecule has 3 rings (SSSR count). The van der Waals surface area contributed by atoms with Crippen LogP contribution in [0.15, 0.2) is 60.7 Å². The predicted molar refractivity (Wildman–Crippen MR) is 116 cm³/mol. The standard InChI is InChI=1S/C23H21F3N4O2/c1-15-20(16(2)30(29-15)19-6-4-3-5-7-19)12-13-21(31)28-18-10-8-17(9-11-18)22(32)27-14-23(24,25)26/h3-13H,14H2,1-2H3,(H,27,32)(H,28,31)/b13-12+. The van der Waals surface area contributed by atoms with E-state index < -0.39 is 24.5 Å². The van der Waals surface area contributed by atoms with Crippen LogP contribution in [0.3, 0.4) is 0 Å². The van der Waals surface area contributed by atoms with E-state index in [1.165, 1.54) is 30.3 Å². The number of nitrogens with zero attached hydrogens (tertiary/aromatic N) is 2. The van der Waals surface area contributed by atoms with Crippen LogP contribution in [-0.2, 0) is 4.79 Å². The molecule has 0 fully saturated rings. The minimum absolute atomic E-state index is 0.0577. The minimum Gasteiger partial charge on any atom is -0.343 e. The predicted octanol–water partition coefficient (Wildman–Crippen LogP) is 4.43. The van der Waals surface area contributed by atoms with Crippen LogP contribution >= 0.6 is 0 Å². The average Bonchev–Trinajstić information content (AvgIpc) is 3.04. The van der Waals surface area contributed by atoms with Crippen molar-refractivity contribution in [3.8, 4) is 5.69 Å². The number of halogens is 3. The molecule has 0 bridgehead atoms. The van der Waals surface area contributed by atoms with E-state index in [4.69, 9.17) is 0 Å².